The van der Waals surface area contributed by atoms with E-state index in [0.29, 0.717) is 16.2 Å². The number of rotatable bonds is 4. The van der Waals surface area contributed by atoms with Gasteiger partial charge < -0.3 is 5.32 Å². The van der Waals surface area contributed by atoms with Crippen LogP contribution in [0, 0.1) is 0 Å². The van der Waals surface area contributed by atoms with Crippen molar-refractivity contribution in [3.05, 3.63) is 63.5 Å². The number of carbonyl (C=O) groups excluding carboxylic acids is 1. The normalized spacial score (nSPS) is 11.6. The lowest BCUT2D eigenvalue weighted by atomic mass is 10.2. The Bertz CT molecular complexity index is 979. The smallest absolute Gasteiger partial charge is 0.304 e. The average Bonchev–Trinajstić information content (AvgIpc) is 3.12. The highest BCUT2D eigenvalue weighted by Crippen LogP contribution is 2.36. The predicted molar refractivity (Wildman–Crippen MR) is 94.0 cm³/mol. The Hall–Kier alpha value is -2.52. The van der Waals surface area contributed by atoms with Gasteiger partial charge in [-0.25, -0.2) is 0 Å². The minimum Gasteiger partial charge on any atom is -0.304 e. The molecular weight excluding hydrogens is 406 g/mol. The standard InChI is InChI=1S/C16H12Cl2F3N5O/c1-25-14(16(19,20)21)12(18)13(24-25)15(27)22-11-6-7-26(23-11)8-9-2-4-10(17)5-3-9/h2-7H,8H2,1H3,(H,22,23,27). The lowest BCUT2D eigenvalue weighted by Gasteiger charge is -2.06. The maximum absolute atomic E-state index is 12.9. The minimum absolute atomic E-state index is 0.157. The monoisotopic (exact) mass is 417 g/mol. The van der Waals surface area contributed by atoms with Gasteiger partial charge in [0.15, 0.2) is 17.2 Å². The first-order chi connectivity index (χ1) is 12.6. The second-order valence-electron chi connectivity index (χ2n) is 5.61. The van der Waals surface area contributed by atoms with E-state index in [4.69, 9.17) is 23.2 Å². The van der Waals surface area contributed by atoms with Crippen LogP contribution in [0.1, 0.15) is 21.7 Å². The van der Waals surface area contributed by atoms with Crippen LogP contribution in [-0.4, -0.2) is 25.5 Å². The average molecular weight is 418 g/mol. The van der Waals surface area contributed by atoms with Crippen LogP contribution in [0.15, 0.2) is 36.5 Å². The molecule has 1 N–H and O–H groups in total. The maximum Gasteiger partial charge on any atom is 0.434 e. The highest BCUT2D eigenvalue weighted by molar-refractivity contribution is 6.34. The molecule has 0 saturated carbocycles. The molecule has 0 aliphatic heterocycles. The maximum atomic E-state index is 12.9. The molecule has 1 aromatic carbocycles. The summed E-state index contributed by atoms with van der Waals surface area (Å²) in [6, 6.07) is 8.65. The first-order valence-electron chi connectivity index (χ1n) is 7.54. The van der Waals surface area contributed by atoms with Gasteiger partial charge in [-0.2, -0.15) is 23.4 Å². The number of alkyl halides is 3. The molecule has 0 atom stereocenters. The van der Waals surface area contributed by atoms with E-state index >= 15 is 0 Å². The molecule has 0 bridgehead atoms. The fourth-order valence-electron chi connectivity index (χ4n) is 2.42. The molecule has 27 heavy (non-hydrogen) atoms. The van der Waals surface area contributed by atoms with Crippen molar-refractivity contribution >= 4 is 34.9 Å². The number of nitrogens with one attached hydrogen (secondary N) is 1. The van der Waals surface area contributed by atoms with Crippen LogP contribution in [0.3, 0.4) is 0 Å². The summed E-state index contributed by atoms with van der Waals surface area (Å²) in [5, 5.41) is 9.95. The van der Waals surface area contributed by atoms with Gasteiger partial charge in [-0.1, -0.05) is 35.3 Å². The van der Waals surface area contributed by atoms with Gasteiger partial charge in [-0.05, 0) is 17.7 Å². The lowest BCUT2D eigenvalue weighted by Crippen LogP contribution is -2.14. The number of benzene rings is 1. The molecule has 2 heterocycles. The minimum atomic E-state index is -4.72. The van der Waals surface area contributed by atoms with Gasteiger partial charge in [-0.15, -0.1) is 0 Å². The van der Waals surface area contributed by atoms with E-state index in [-0.39, 0.29) is 5.82 Å². The Morgan fingerprint density at radius 2 is 1.81 bits per heavy atom. The van der Waals surface area contributed by atoms with Crippen molar-refractivity contribution in [2.75, 3.05) is 5.32 Å². The number of aryl methyl sites for hydroxylation is 1. The second-order valence-corrected chi connectivity index (χ2v) is 6.43. The summed E-state index contributed by atoms with van der Waals surface area (Å²) >= 11 is 11.5. The predicted octanol–water partition coefficient (Wildman–Crippen LogP) is 4.24. The van der Waals surface area contributed by atoms with Crippen molar-refractivity contribution < 1.29 is 18.0 Å². The fraction of sp³-hybridized carbons (Fsp3) is 0.188. The molecule has 0 radical (unpaired) electrons. The summed E-state index contributed by atoms with van der Waals surface area (Å²) in [6.07, 6.45) is -3.11. The number of hydrogen-bond acceptors (Lipinski definition) is 3. The summed E-state index contributed by atoms with van der Waals surface area (Å²) in [5.74, 6) is -0.730. The van der Waals surface area contributed by atoms with Crippen LogP contribution in [-0.2, 0) is 19.8 Å². The van der Waals surface area contributed by atoms with Crippen molar-refractivity contribution in [2.24, 2.45) is 7.05 Å². The van der Waals surface area contributed by atoms with Crippen LogP contribution in [0.2, 0.25) is 10.0 Å². The molecule has 142 valence electrons. The Morgan fingerprint density at radius 1 is 1.15 bits per heavy atom. The Balaban J connectivity index is 1.74. The van der Waals surface area contributed by atoms with Gasteiger partial charge in [0.1, 0.15) is 5.02 Å². The Kier molecular flexibility index (Phi) is 5.16. The van der Waals surface area contributed by atoms with E-state index in [2.05, 4.69) is 15.5 Å². The fourth-order valence-corrected chi connectivity index (χ4v) is 2.90. The molecule has 2 aromatic heterocycles. The van der Waals surface area contributed by atoms with E-state index in [9.17, 15) is 18.0 Å². The van der Waals surface area contributed by atoms with Gasteiger partial charge in [0, 0.05) is 24.3 Å². The van der Waals surface area contributed by atoms with Crippen LogP contribution < -0.4 is 5.32 Å². The van der Waals surface area contributed by atoms with Gasteiger partial charge in [-0.3, -0.25) is 14.2 Å². The number of amides is 1. The lowest BCUT2D eigenvalue weighted by molar-refractivity contribution is -0.143. The molecule has 0 unspecified atom stereocenters. The first kappa shape index (κ1) is 19.2. The topological polar surface area (TPSA) is 64.7 Å². The zero-order chi connectivity index (χ0) is 19.8. The van der Waals surface area contributed by atoms with Gasteiger partial charge in [0.25, 0.3) is 5.91 Å². The van der Waals surface area contributed by atoms with Crippen molar-refractivity contribution in [1.82, 2.24) is 19.6 Å². The highest BCUT2D eigenvalue weighted by atomic mass is 35.5. The van der Waals surface area contributed by atoms with Crippen molar-refractivity contribution in [2.45, 2.75) is 12.7 Å². The number of hydrogen-bond donors (Lipinski definition) is 1. The molecule has 3 rings (SSSR count). The molecule has 0 spiro atoms. The van der Waals surface area contributed by atoms with E-state index in [0.717, 1.165) is 12.6 Å². The summed E-state index contributed by atoms with van der Waals surface area (Å²) < 4.78 is 40.9. The van der Waals surface area contributed by atoms with Gasteiger partial charge >= 0.3 is 6.18 Å². The largest absolute Gasteiger partial charge is 0.434 e. The summed E-state index contributed by atoms with van der Waals surface area (Å²) in [4.78, 5) is 12.2. The molecule has 3 aromatic rings. The second kappa shape index (κ2) is 7.24. The quantitative estimate of drug-likeness (QED) is 0.690. The molecule has 1 amide bonds. The molecule has 11 heteroatoms. The zero-order valence-electron chi connectivity index (χ0n) is 13.8. The van der Waals surface area contributed by atoms with Crippen molar-refractivity contribution in [3.63, 3.8) is 0 Å². The van der Waals surface area contributed by atoms with Crippen LogP contribution >= 0.6 is 23.2 Å². The third-order valence-electron chi connectivity index (χ3n) is 3.61. The highest BCUT2D eigenvalue weighted by Gasteiger charge is 2.40. The number of aromatic nitrogens is 4. The van der Waals surface area contributed by atoms with Crippen molar-refractivity contribution in [1.29, 1.82) is 0 Å². The number of carbonyl (C=O) groups is 1. The summed E-state index contributed by atoms with van der Waals surface area (Å²) in [5.41, 5.74) is -0.788. The van der Waals surface area contributed by atoms with E-state index in [1.807, 2.05) is 12.1 Å². The summed E-state index contributed by atoms with van der Waals surface area (Å²) in [7, 11) is 1.06. The number of halogens is 5. The number of anilines is 1. The van der Waals surface area contributed by atoms with Crippen LogP contribution in [0.25, 0.3) is 0 Å². The van der Waals surface area contributed by atoms with Gasteiger partial charge in [0.2, 0.25) is 0 Å². The van der Waals surface area contributed by atoms with Crippen LogP contribution in [0.5, 0.6) is 0 Å². The zero-order valence-corrected chi connectivity index (χ0v) is 15.3. The third-order valence-corrected chi connectivity index (χ3v) is 4.22. The molecule has 0 fully saturated rings. The third kappa shape index (κ3) is 4.25. The molecule has 0 aliphatic rings. The summed E-state index contributed by atoms with van der Waals surface area (Å²) in [6.45, 7) is 0.426. The van der Waals surface area contributed by atoms with Gasteiger partial charge in [0.05, 0.1) is 6.54 Å². The van der Waals surface area contributed by atoms with E-state index < -0.39 is 28.5 Å². The number of nitrogens with zero attached hydrogens (tertiary/aromatic N) is 4. The SMILES string of the molecule is Cn1nc(C(=O)Nc2ccn(Cc3ccc(Cl)cc3)n2)c(Cl)c1C(F)(F)F. The van der Waals surface area contributed by atoms with Crippen molar-refractivity contribution in [3.8, 4) is 0 Å². The molecule has 0 saturated heterocycles. The molecule has 0 aliphatic carbocycles. The molecular formula is C16H12Cl2F3N5O. The van der Waals surface area contributed by atoms with E-state index in [1.54, 1.807) is 23.0 Å². The van der Waals surface area contributed by atoms with E-state index in [1.165, 1.54) is 6.07 Å². The Labute approximate surface area is 161 Å². The Morgan fingerprint density at radius 3 is 2.41 bits per heavy atom. The van der Waals surface area contributed by atoms with Crippen LogP contribution in [0.4, 0.5) is 19.0 Å². The first-order valence-corrected chi connectivity index (χ1v) is 8.29. The molecule has 6 nitrogen and oxygen atoms in total.